The van der Waals surface area contributed by atoms with E-state index in [1.807, 2.05) is 31.2 Å². The maximum absolute atomic E-state index is 11.6. The summed E-state index contributed by atoms with van der Waals surface area (Å²) in [5.41, 5.74) is 1.96. The van der Waals surface area contributed by atoms with Gasteiger partial charge in [-0.25, -0.2) is 4.98 Å². The molecule has 2 aromatic rings. The van der Waals surface area contributed by atoms with Crippen LogP contribution in [0.3, 0.4) is 0 Å². The molecule has 1 heterocycles. The second kappa shape index (κ2) is 5.77. The van der Waals surface area contributed by atoms with Gasteiger partial charge < -0.3 is 15.0 Å². The largest absolute Gasteiger partial charge is 0.497 e. The molecule has 106 valence electrons. The Hall–Kier alpha value is -2.30. The minimum atomic E-state index is 0.00944. The van der Waals surface area contributed by atoms with Crippen molar-refractivity contribution in [2.24, 2.45) is 0 Å². The van der Waals surface area contributed by atoms with Crippen LogP contribution in [0.2, 0.25) is 0 Å². The second-order valence-electron chi connectivity index (χ2n) is 4.85. The number of nitrogens with zero attached hydrogens (tertiary/aromatic N) is 2. The fraction of sp³-hybridized carbons (Fsp3) is 0.333. The first kappa shape index (κ1) is 14.1. The van der Waals surface area contributed by atoms with Crippen molar-refractivity contribution in [1.82, 2.24) is 9.88 Å². The van der Waals surface area contributed by atoms with E-state index in [0.717, 1.165) is 22.2 Å². The molecule has 0 saturated heterocycles. The Morgan fingerprint density at radius 3 is 2.75 bits per heavy atom. The molecule has 0 aliphatic heterocycles. The van der Waals surface area contributed by atoms with Crippen LogP contribution in [0.25, 0.3) is 10.9 Å². The molecule has 0 aliphatic carbocycles. The van der Waals surface area contributed by atoms with E-state index in [1.165, 1.54) is 0 Å². The van der Waals surface area contributed by atoms with Crippen LogP contribution < -0.4 is 10.1 Å². The molecule has 0 atom stereocenters. The number of rotatable bonds is 4. The first-order valence-electron chi connectivity index (χ1n) is 6.40. The lowest BCUT2D eigenvalue weighted by Gasteiger charge is -2.12. The van der Waals surface area contributed by atoms with Crippen molar-refractivity contribution < 1.29 is 9.53 Å². The molecule has 5 heteroatoms. The van der Waals surface area contributed by atoms with Gasteiger partial charge in [0.15, 0.2) is 0 Å². The predicted octanol–water partition coefficient (Wildman–Crippen LogP) is 2.05. The van der Waals surface area contributed by atoms with Gasteiger partial charge in [0, 0.05) is 25.5 Å². The number of carbonyl (C=O) groups excluding carboxylic acids is 1. The number of hydrogen-bond acceptors (Lipinski definition) is 4. The van der Waals surface area contributed by atoms with Gasteiger partial charge in [0.2, 0.25) is 5.91 Å². The van der Waals surface area contributed by atoms with Crippen LogP contribution in [0.1, 0.15) is 5.56 Å². The molecule has 0 bridgehead atoms. The Kier molecular flexibility index (Phi) is 4.08. The summed E-state index contributed by atoms with van der Waals surface area (Å²) in [5.74, 6) is 1.47. The molecule has 1 amide bonds. The van der Waals surface area contributed by atoms with Gasteiger partial charge in [0.1, 0.15) is 11.6 Å². The van der Waals surface area contributed by atoms with Gasteiger partial charge in [0.05, 0.1) is 19.2 Å². The third-order valence-corrected chi connectivity index (χ3v) is 3.14. The summed E-state index contributed by atoms with van der Waals surface area (Å²) in [6.45, 7) is 2.25. The highest BCUT2D eigenvalue weighted by molar-refractivity contribution is 5.86. The second-order valence-corrected chi connectivity index (χ2v) is 4.85. The van der Waals surface area contributed by atoms with Crippen molar-refractivity contribution in [2.45, 2.75) is 6.92 Å². The molecule has 0 radical (unpaired) electrons. The number of likely N-dealkylation sites (N-methyl/N-ethyl adjacent to an activating group) is 1. The summed E-state index contributed by atoms with van der Waals surface area (Å²) >= 11 is 0. The van der Waals surface area contributed by atoms with Gasteiger partial charge in [0.25, 0.3) is 0 Å². The number of amides is 1. The quantitative estimate of drug-likeness (QED) is 0.926. The minimum absolute atomic E-state index is 0.00944. The van der Waals surface area contributed by atoms with Crippen molar-refractivity contribution in [3.05, 3.63) is 29.8 Å². The summed E-state index contributed by atoms with van der Waals surface area (Å²) in [6.07, 6.45) is 0. The molecule has 1 aromatic carbocycles. The van der Waals surface area contributed by atoms with Crippen molar-refractivity contribution in [3.63, 3.8) is 0 Å². The highest BCUT2D eigenvalue weighted by Gasteiger charge is 2.07. The smallest absolute Gasteiger partial charge is 0.241 e. The summed E-state index contributed by atoms with van der Waals surface area (Å²) in [4.78, 5) is 17.6. The topological polar surface area (TPSA) is 54.5 Å². The van der Waals surface area contributed by atoms with Crippen LogP contribution in [0.15, 0.2) is 24.3 Å². The van der Waals surface area contributed by atoms with Gasteiger partial charge in [-0.2, -0.15) is 0 Å². The van der Waals surface area contributed by atoms with Crippen LogP contribution in [0.4, 0.5) is 5.82 Å². The van der Waals surface area contributed by atoms with Crippen LogP contribution in [-0.2, 0) is 4.79 Å². The van der Waals surface area contributed by atoms with Crippen molar-refractivity contribution >= 4 is 22.6 Å². The maximum Gasteiger partial charge on any atom is 0.241 e. The molecule has 0 unspecified atom stereocenters. The highest BCUT2D eigenvalue weighted by Crippen LogP contribution is 2.24. The third-order valence-electron chi connectivity index (χ3n) is 3.14. The number of nitrogens with one attached hydrogen (secondary N) is 1. The van der Waals surface area contributed by atoms with Gasteiger partial charge >= 0.3 is 0 Å². The standard InChI is InChI=1S/C15H19N3O2/c1-10-7-14(16-9-15(19)18(2)3)17-13-8-11(20-4)5-6-12(10)13/h5-8H,9H2,1-4H3,(H,16,17). The highest BCUT2D eigenvalue weighted by atomic mass is 16.5. The lowest BCUT2D eigenvalue weighted by atomic mass is 10.1. The normalized spacial score (nSPS) is 10.4. The Bertz CT molecular complexity index is 638. The molecular formula is C15H19N3O2. The molecular weight excluding hydrogens is 254 g/mol. The molecule has 5 nitrogen and oxygen atoms in total. The number of carbonyl (C=O) groups is 1. The van der Waals surface area contributed by atoms with E-state index in [1.54, 1.807) is 26.1 Å². The molecule has 0 aliphatic rings. The summed E-state index contributed by atoms with van der Waals surface area (Å²) in [6, 6.07) is 7.74. The van der Waals surface area contributed by atoms with E-state index in [0.29, 0.717) is 5.82 Å². The number of benzene rings is 1. The maximum atomic E-state index is 11.6. The SMILES string of the molecule is COc1ccc2c(C)cc(NCC(=O)N(C)C)nc2c1. The van der Waals surface area contributed by atoms with Crippen molar-refractivity contribution in [1.29, 1.82) is 0 Å². The molecule has 0 saturated carbocycles. The predicted molar refractivity (Wildman–Crippen MR) is 80.2 cm³/mol. The van der Waals surface area contributed by atoms with Crippen molar-refractivity contribution in [2.75, 3.05) is 33.1 Å². The van der Waals surface area contributed by atoms with Crippen LogP contribution in [0.5, 0.6) is 5.75 Å². The molecule has 1 N–H and O–H groups in total. The average Bonchev–Trinajstić information content (AvgIpc) is 2.43. The number of methoxy groups -OCH3 is 1. The van der Waals surface area contributed by atoms with E-state index < -0.39 is 0 Å². The van der Waals surface area contributed by atoms with E-state index >= 15 is 0 Å². The fourth-order valence-electron chi connectivity index (χ4n) is 1.92. The van der Waals surface area contributed by atoms with E-state index in [9.17, 15) is 4.79 Å². The van der Waals surface area contributed by atoms with E-state index in [2.05, 4.69) is 10.3 Å². The first-order valence-corrected chi connectivity index (χ1v) is 6.40. The number of hydrogen-bond donors (Lipinski definition) is 1. The molecule has 1 aromatic heterocycles. The van der Waals surface area contributed by atoms with Gasteiger partial charge in [-0.05, 0) is 30.7 Å². The average molecular weight is 273 g/mol. The van der Waals surface area contributed by atoms with Gasteiger partial charge in [-0.3, -0.25) is 4.79 Å². The molecule has 0 fully saturated rings. The van der Waals surface area contributed by atoms with Crippen LogP contribution in [0, 0.1) is 6.92 Å². The number of fused-ring (bicyclic) bond motifs is 1. The lowest BCUT2D eigenvalue weighted by Crippen LogP contribution is -2.28. The molecule has 0 spiro atoms. The molecule has 2 rings (SSSR count). The minimum Gasteiger partial charge on any atom is -0.497 e. The number of ether oxygens (including phenoxy) is 1. The summed E-state index contributed by atoms with van der Waals surface area (Å²) in [7, 11) is 5.09. The Balaban J connectivity index is 2.28. The first-order chi connectivity index (χ1) is 9.51. The third kappa shape index (κ3) is 2.99. The zero-order valence-corrected chi connectivity index (χ0v) is 12.2. The molecule has 20 heavy (non-hydrogen) atoms. The lowest BCUT2D eigenvalue weighted by molar-refractivity contribution is -0.126. The Morgan fingerprint density at radius 1 is 1.35 bits per heavy atom. The summed E-state index contributed by atoms with van der Waals surface area (Å²) < 4.78 is 5.21. The zero-order valence-electron chi connectivity index (χ0n) is 12.2. The Labute approximate surface area is 118 Å². The number of anilines is 1. The number of aromatic nitrogens is 1. The number of aryl methyl sites for hydroxylation is 1. The van der Waals surface area contributed by atoms with Crippen LogP contribution in [-0.4, -0.2) is 43.5 Å². The summed E-state index contributed by atoms with van der Waals surface area (Å²) in [5, 5.41) is 4.13. The van der Waals surface area contributed by atoms with Gasteiger partial charge in [-0.1, -0.05) is 0 Å². The van der Waals surface area contributed by atoms with E-state index in [-0.39, 0.29) is 12.5 Å². The van der Waals surface area contributed by atoms with Crippen molar-refractivity contribution in [3.8, 4) is 5.75 Å². The zero-order chi connectivity index (χ0) is 14.7. The number of pyridine rings is 1. The van der Waals surface area contributed by atoms with Crippen LogP contribution >= 0.6 is 0 Å². The van der Waals surface area contributed by atoms with Gasteiger partial charge in [-0.15, -0.1) is 0 Å². The van der Waals surface area contributed by atoms with E-state index in [4.69, 9.17) is 4.74 Å². The Morgan fingerprint density at radius 2 is 2.10 bits per heavy atom. The fourth-order valence-corrected chi connectivity index (χ4v) is 1.92. The monoisotopic (exact) mass is 273 g/mol.